The number of aromatic nitrogens is 1. The van der Waals surface area contributed by atoms with E-state index in [2.05, 4.69) is 9.72 Å². The number of H-pyrrole nitrogens is 1. The molecule has 5 nitrogen and oxygen atoms in total. The van der Waals surface area contributed by atoms with Crippen molar-refractivity contribution >= 4 is 11.8 Å². The molecule has 0 spiro atoms. The van der Waals surface area contributed by atoms with Crippen molar-refractivity contribution in [2.45, 2.75) is 25.7 Å². The summed E-state index contributed by atoms with van der Waals surface area (Å²) < 4.78 is 4.58. The Balaban J connectivity index is 2.03. The molecule has 1 aliphatic carbocycles. The highest BCUT2D eigenvalue weighted by Crippen LogP contribution is 2.33. The summed E-state index contributed by atoms with van der Waals surface area (Å²) in [6.45, 7) is 2.01. The second-order valence-electron chi connectivity index (χ2n) is 5.78. The lowest BCUT2D eigenvalue weighted by Gasteiger charge is -2.25. The number of carbonyl (C=O) groups excluding carboxylic acids is 2. The van der Waals surface area contributed by atoms with E-state index in [9.17, 15) is 14.4 Å². The lowest BCUT2D eigenvalue weighted by Crippen LogP contribution is -2.27. The summed E-state index contributed by atoms with van der Waals surface area (Å²) in [7, 11) is 1.21. The molecule has 23 heavy (non-hydrogen) atoms. The summed E-state index contributed by atoms with van der Waals surface area (Å²) in [5.74, 6) is -0.764. The zero-order valence-electron chi connectivity index (χ0n) is 13.0. The van der Waals surface area contributed by atoms with Gasteiger partial charge >= 0.3 is 5.97 Å². The zero-order chi connectivity index (χ0) is 16.6. The first-order chi connectivity index (χ1) is 11.0. The van der Waals surface area contributed by atoms with Gasteiger partial charge in [-0.05, 0) is 36.5 Å². The third kappa shape index (κ3) is 2.70. The topological polar surface area (TPSA) is 76.2 Å². The molecule has 1 N–H and O–H groups in total. The van der Waals surface area contributed by atoms with Crippen molar-refractivity contribution in [3.05, 3.63) is 68.6 Å². The molecule has 0 bridgehead atoms. The van der Waals surface area contributed by atoms with Crippen LogP contribution in [-0.4, -0.2) is 23.8 Å². The number of ketones is 1. The molecule has 0 radical (unpaired) electrons. The number of carbonyl (C=O) groups is 2. The van der Waals surface area contributed by atoms with E-state index in [1.165, 1.54) is 13.2 Å². The van der Waals surface area contributed by atoms with Crippen molar-refractivity contribution in [2.75, 3.05) is 7.11 Å². The van der Waals surface area contributed by atoms with Crippen molar-refractivity contribution in [1.82, 2.24) is 4.98 Å². The summed E-state index contributed by atoms with van der Waals surface area (Å²) in [6.07, 6.45) is 0.938. The Morgan fingerprint density at radius 3 is 2.65 bits per heavy atom. The molecule has 1 aromatic carbocycles. The lowest BCUT2D eigenvalue weighted by molar-refractivity contribution is 0.0598. The van der Waals surface area contributed by atoms with Gasteiger partial charge in [0.2, 0.25) is 0 Å². The lowest BCUT2D eigenvalue weighted by atomic mass is 9.80. The van der Waals surface area contributed by atoms with Crippen LogP contribution in [0.5, 0.6) is 0 Å². The van der Waals surface area contributed by atoms with E-state index in [4.69, 9.17) is 0 Å². The maximum Gasteiger partial charge on any atom is 0.343 e. The quantitative estimate of drug-likeness (QED) is 0.864. The first-order valence-corrected chi connectivity index (χ1v) is 7.44. The fourth-order valence-corrected chi connectivity index (χ4v) is 3.16. The van der Waals surface area contributed by atoms with Crippen molar-refractivity contribution in [3.63, 3.8) is 0 Å². The number of rotatable bonds is 2. The molecular formula is C18H17NO4. The van der Waals surface area contributed by atoms with Crippen LogP contribution in [0.2, 0.25) is 0 Å². The number of aryl methyl sites for hydroxylation is 1. The van der Waals surface area contributed by atoms with E-state index in [0.717, 1.165) is 11.1 Å². The van der Waals surface area contributed by atoms with Gasteiger partial charge in [0.25, 0.3) is 5.56 Å². The molecule has 0 fully saturated rings. The van der Waals surface area contributed by atoms with Crippen molar-refractivity contribution in [2.24, 2.45) is 0 Å². The number of methoxy groups -OCH3 is 1. The molecule has 0 saturated carbocycles. The predicted octanol–water partition coefficient (Wildman–Crippen LogP) is 2.38. The van der Waals surface area contributed by atoms with E-state index in [0.29, 0.717) is 24.1 Å². The molecule has 1 atom stereocenters. The fourth-order valence-electron chi connectivity index (χ4n) is 3.16. The van der Waals surface area contributed by atoms with Gasteiger partial charge in [-0.2, -0.15) is 0 Å². The Morgan fingerprint density at radius 2 is 1.96 bits per heavy atom. The zero-order valence-corrected chi connectivity index (χ0v) is 13.0. The summed E-state index contributed by atoms with van der Waals surface area (Å²) in [5, 5.41) is 0. The van der Waals surface area contributed by atoms with Crippen molar-refractivity contribution in [3.8, 4) is 0 Å². The van der Waals surface area contributed by atoms with Crippen LogP contribution in [-0.2, 0) is 11.2 Å². The summed E-state index contributed by atoms with van der Waals surface area (Å²) in [6, 6.07) is 9.29. The van der Waals surface area contributed by atoms with Gasteiger partial charge in [0.15, 0.2) is 5.78 Å². The standard InChI is InChI=1S/C18H17NO4/c1-10-5-3-4-6-12(10)11-7-15-13(16(20)8-11)9-14(17(21)19-15)18(22)23-2/h3-6,9,11H,7-8H2,1-2H3,(H,19,21)/t11-/m1/s1. The molecule has 118 valence electrons. The summed E-state index contributed by atoms with van der Waals surface area (Å²) >= 11 is 0. The number of aromatic amines is 1. The second kappa shape index (κ2) is 5.83. The summed E-state index contributed by atoms with van der Waals surface area (Å²) in [5.41, 5.74) is 2.59. The Labute approximate surface area is 133 Å². The Bertz CT molecular complexity index is 850. The first kappa shape index (κ1) is 15.2. The molecule has 0 unspecified atom stereocenters. The van der Waals surface area contributed by atoms with Gasteiger partial charge in [0, 0.05) is 17.7 Å². The van der Waals surface area contributed by atoms with Crippen LogP contribution in [0.1, 0.15) is 49.9 Å². The Morgan fingerprint density at radius 1 is 1.22 bits per heavy atom. The highest BCUT2D eigenvalue weighted by Gasteiger charge is 2.29. The van der Waals surface area contributed by atoms with Crippen LogP contribution in [0.15, 0.2) is 35.1 Å². The number of ether oxygens (including phenoxy) is 1. The van der Waals surface area contributed by atoms with E-state index in [-0.39, 0.29) is 17.3 Å². The average Bonchev–Trinajstić information content (AvgIpc) is 2.54. The number of esters is 1. The van der Waals surface area contributed by atoms with Gasteiger partial charge in [-0.3, -0.25) is 9.59 Å². The molecule has 1 aromatic heterocycles. The number of pyridine rings is 1. The number of fused-ring (bicyclic) bond motifs is 1. The fraction of sp³-hybridized carbons (Fsp3) is 0.278. The van der Waals surface area contributed by atoms with E-state index < -0.39 is 11.5 Å². The smallest absolute Gasteiger partial charge is 0.343 e. The maximum atomic E-state index is 12.5. The minimum Gasteiger partial charge on any atom is -0.465 e. The minimum absolute atomic E-state index is 0.0378. The van der Waals surface area contributed by atoms with E-state index in [1.807, 2.05) is 31.2 Å². The van der Waals surface area contributed by atoms with Crippen LogP contribution in [0, 0.1) is 6.92 Å². The van der Waals surface area contributed by atoms with E-state index in [1.54, 1.807) is 0 Å². The van der Waals surface area contributed by atoms with Crippen LogP contribution >= 0.6 is 0 Å². The number of benzene rings is 1. The number of hydrogen-bond acceptors (Lipinski definition) is 4. The minimum atomic E-state index is -0.733. The van der Waals surface area contributed by atoms with Gasteiger partial charge in [-0.15, -0.1) is 0 Å². The van der Waals surface area contributed by atoms with Crippen molar-refractivity contribution < 1.29 is 14.3 Å². The van der Waals surface area contributed by atoms with Gasteiger partial charge < -0.3 is 9.72 Å². The van der Waals surface area contributed by atoms with Gasteiger partial charge in [0.05, 0.1) is 7.11 Å². The summed E-state index contributed by atoms with van der Waals surface area (Å²) in [4.78, 5) is 38.8. The Kier molecular flexibility index (Phi) is 3.86. The predicted molar refractivity (Wildman–Crippen MR) is 85.0 cm³/mol. The third-order valence-corrected chi connectivity index (χ3v) is 4.34. The molecular weight excluding hydrogens is 294 g/mol. The molecule has 3 rings (SSSR count). The monoisotopic (exact) mass is 311 g/mol. The first-order valence-electron chi connectivity index (χ1n) is 7.44. The highest BCUT2D eigenvalue weighted by atomic mass is 16.5. The maximum absolute atomic E-state index is 12.5. The van der Waals surface area contributed by atoms with Crippen molar-refractivity contribution in [1.29, 1.82) is 0 Å². The van der Waals surface area contributed by atoms with Gasteiger partial charge in [-0.1, -0.05) is 24.3 Å². The average molecular weight is 311 g/mol. The molecule has 2 aromatic rings. The Hall–Kier alpha value is -2.69. The van der Waals surface area contributed by atoms with Gasteiger partial charge in [-0.25, -0.2) is 4.79 Å². The molecule has 1 heterocycles. The SMILES string of the molecule is COC(=O)c1cc2c([nH]c1=O)C[C@@H](c1ccccc1C)CC2=O. The molecule has 0 saturated heterocycles. The van der Waals surface area contributed by atoms with Crippen LogP contribution in [0.25, 0.3) is 0 Å². The van der Waals surface area contributed by atoms with Crippen LogP contribution in [0.3, 0.4) is 0 Å². The number of hydrogen-bond donors (Lipinski definition) is 1. The third-order valence-electron chi connectivity index (χ3n) is 4.34. The molecule has 0 aliphatic heterocycles. The largest absolute Gasteiger partial charge is 0.465 e. The number of nitrogens with one attached hydrogen (secondary N) is 1. The van der Waals surface area contributed by atoms with Crippen LogP contribution < -0.4 is 5.56 Å². The van der Waals surface area contributed by atoms with Crippen LogP contribution in [0.4, 0.5) is 0 Å². The molecule has 5 heteroatoms. The molecule has 0 amide bonds. The second-order valence-corrected chi connectivity index (χ2v) is 5.78. The normalized spacial score (nSPS) is 16.8. The highest BCUT2D eigenvalue weighted by molar-refractivity contribution is 6.01. The molecule has 1 aliphatic rings. The van der Waals surface area contributed by atoms with E-state index >= 15 is 0 Å². The van der Waals surface area contributed by atoms with Gasteiger partial charge in [0.1, 0.15) is 5.56 Å². The number of Topliss-reactive ketones (excluding diaryl/α,β-unsaturated/α-hetero) is 1.